The lowest BCUT2D eigenvalue weighted by atomic mass is 9.86. The fourth-order valence-corrected chi connectivity index (χ4v) is 4.41. The Bertz CT molecular complexity index is 1620. The van der Waals surface area contributed by atoms with Gasteiger partial charge in [-0.15, -0.1) is 0 Å². The molecule has 1 unspecified atom stereocenters. The maximum atomic E-state index is 14.1. The number of aryl methyl sites for hydroxylation is 1. The van der Waals surface area contributed by atoms with Gasteiger partial charge in [-0.3, -0.25) is 4.40 Å². The molecule has 0 bridgehead atoms. The van der Waals surface area contributed by atoms with Crippen molar-refractivity contribution in [3.8, 4) is 17.3 Å². The minimum atomic E-state index is -4.49. The van der Waals surface area contributed by atoms with E-state index in [1.165, 1.54) is 13.1 Å². The van der Waals surface area contributed by atoms with E-state index in [-0.39, 0.29) is 40.0 Å². The van der Waals surface area contributed by atoms with E-state index in [0.29, 0.717) is 17.7 Å². The third-order valence-corrected chi connectivity index (χ3v) is 6.79. The monoisotopic (exact) mass is 609 g/mol. The summed E-state index contributed by atoms with van der Waals surface area (Å²) < 4.78 is 89.2. The van der Waals surface area contributed by atoms with Gasteiger partial charge < -0.3 is 25.9 Å². The number of imidazole rings is 1. The van der Waals surface area contributed by atoms with Gasteiger partial charge in [-0.05, 0) is 45.0 Å². The van der Waals surface area contributed by atoms with E-state index < -0.39 is 48.6 Å². The summed E-state index contributed by atoms with van der Waals surface area (Å²) in [5, 5.41) is 5.47. The molecule has 0 amide bonds. The molecular formula is C28H29F6N7O2. The summed E-state index contributed by atoms with van der Waals surface area (Å²) in [6.45, 7) is 3.49. The maximum Gasteiger partial charge on any atom is 0.323 e. The van der Waals surface area contributed by atoms with Crippen LogP contribution in [-0.2, 0) is 16.8 Å². The number of hydrogen-bond acceptors (Lipinski definition) is 8. The molecule has 0 aliphatic carbocycles. The van der Waals surface area contributed by atoms with E-state index in [0.717, 1.165) is 12.1 Å². The number of ether oxygens (including phenoxy) is 1. The topological polar surface area (TPSA) is 119 Å². The first kappa shape index (κ1) is 31.5. The van der Waals surface area contributed by atoms with Crippen molar-refractivity contribution in [1.82, 2.24) is 19.4 Å². The number of nitrogens with zero attached hydrogens (tertiary/aromatic N) is 4. The first-order valence-corrected chi connectivity index (χ1v) is 13.0. The molecule has 0 fully saturated rings. The predicted octanol–water partition coefficient (Wildman–Crippen LogP) is 5.11. The van der Waals surface area contributed by atoms with E-state index in [2.05, 4.69) is 25.6 Å². The first-order valence-electron chi connectivity index (χ1n) is 13.0. The van der Waals surface area contributed by atoms with Crippen molar-refractivity contribution in [1.29, 1.82) is 0 Å². The average Bonchev–Trinajstić information content (AvgIpc) is 3.31. The number of nitrogens with one attached hydrogen (secondary N) is 2. The van der Waals surface area contributed by atoms with Crippen LogP contribution in [-0.4, -0.2) is 57.6 Å². The number of anilines is 2. The number of benzene rings is 1. The molecule has 0 spiro atoms. The largest absolute Gasteiger partial charge is 0.485 e. The van der Waals surface area contributed by atoms with Gasteiger partial charge in [-0.25, -0.2) is 32.5 Å². The van der Waals surface area contributed by atoms with E-state index in [9.17, 15) is 31.1 Å². The number of rotatable bonds is 12. The maximum absolute atomic E-state index is 14.1. The van der Waals surface area contributed by atoms with Crippen LogP contribution in [0.5, 0.6) is 5.75 Å². The van der Waals surface area contributed by atoms with E-state index in [1.807, 2.05) is 0 Å². The molecule has 3 heterocycles. The molecule has 9 nitrogen and oxygen atoms in total. The molecule has 15 heteroatoms. The molecule has 3 aromatic heterocycles. The van der Waals surface area contributed by atoms with Crippen LogP contribution in [0.3, 0.4) is 0 Å². The Morgan fingerprint density at radius 3 is 2.33 bits per heavy atom. The van der Waals surface area contributed by atoms with Crippen molar-refractivity contribution in [2.75, 3.05) is 24.2 Å². The lowest BCUT2D eigenvalue weighted by molar-refractivity contribution is -0.140. The third kappa shape index (κ3) is 6.07. The fourth-order valence-electron chi connectivity index (χ4n) is 4.41. The fraction of sp³-hybridized carbons (Fsp3) is 0.357. The molecule has 0 aliphatic heterocycles. The highest BCUT2D eigenvalue weighted by atomic mass is 19.3. The van der Waals surface area contributed by atoms with Crippen LogP contribution in [0.25, 0.3) is 17.2 Å². The van der Waals surface area contributed by atoms with Crippen LogP contribution >= 0.6 is 0 Å². The summed E-state index contributed by atoms with van der Waals surface area (Å²) in [7, 11) is 1.52. The van der Waals surface area contributed by atoms with Gasteiger partial charge in [0.1, 0.15) is 41.9 Å². The molecule has 0 saturated carbocycles. The Balaban J connectivity index is 1.80. The Labute approximate surface area is 242 Å². The van der Waals surface area contributed by atoms with Gasteiger partial charge in [0, 0.05) is 25.4 Å². The van der Waals surface area contributed by atoms with Gasteiger partial charge >= 0.3 is 12.3 Å². The summed E-state index contributed by atoms with van der Waals surface area (Å²) in [6, 6.07) is 4.32. The van der Waals surface area contributed by atoms with Crippen LogP contribution in [0.15, 0.2) is 36.5 Å². The standard InChI is InChI=1S/C28H29F6N7O2/c1-14-21(41-10-6-9-18(25(41)38-14)43-12-15-16(29)7-5-8-17(15)30)24-39-22(36-4)20(27(2,3)13-42)23(40-24)37-11-19(35)28(33,34)26(31)32/h5-10,13,19,26H,11-12,35H2,1-4H3,(H2,36,37,39,40). The zero-order chi connectivity index (χ0) is 31.7. The quantitative estimate of drug-likeness (QED) is 0.150. The molecule has 1 aromatic carbocycles. The highest BCUT2D eigenvalue weighted by Gasteiger charge is 2.47. The van der Waals surface area contributed by atoms with Crippen LogP contribution in [0.4, 0.5) is 38.0 Å². The number of fused-ring (bicyclic) bond motifs is 1. The molecule has 1 atom stereocenters. The average molecular weight is 610 g/mol. The molecule has 4 rings (SSSR count). The summed E-state index contributed by atoms with van der Waals surface area (Å²) in [5.41, 5.74) is 5.05. The minimum Gasteiger partial charge on any atom is -0.485 e. The number of carbonyl (C=O) groups excluding carboxylic acids is 1. The predicted molar refractivity (Wildman–Crippen MR) is 148 cm³/mol. The van der Waals surface area contributed by atoms with Crippen molar-refractivity contribution in [3.05, 3.63) is 65.0 Å². The van der Waals surface area contributed by atoms with Crippen molar-refractivity contribution in [2.45, 2.75) is 51.2 Å². The summed E-state index contributed by atoms with van der Waals surface area (Å²) in [4.78, 5) is 25.5. The lowest BCUT2D eigenvalue weighted by Gasteiger charge is -2.27. The second kappa shape index (κ2) is 12.1. The van der Waals surface area contributed by atoms with Crippen molar-refractivity contribution in [2.24, 2.45) is 5.73 Å². The number of carbonyl (C=O) groups is 1. The zero-order valence-electron chi connectivity index (χ0n) is 23.6. The van der Waals surface area contributed by atoms with Gasteiger partial charge in [0.2, 0.25) is 0 Å². The Morgan fingerprint density at radius 1 is 1.07 bits per heavy atom. The summed E-state index contributed by atoms with van der Waals surface area (Å²) >= 11 is 0. The Kier molecular flexibility index (Phi) is 8.85. The van der Waals surface area contributed by atoms with Gasteiger partial charge in [0.05, 0.1) is 22.7 Å². The lowest BCUT2D eigenvalue weighted by Crippen LogP contribution is -2.50. The van der Waals surface area contributed by atoms with E-state index in [4.69, 9.17) is 10.5 Å². The molecule has 0 aliphatic rings. The second-order valence-electron chi connectivity index (χ2n) is 10.3. The SMILES string of the molecule is CNc1nc(-c2c(C)nc3c(OCc4c(F)cccc4F)cccn23)nc(NCC(N)C(F)(F)C(F)F)c1C(C)(C)C=O. The molecule has 43 heavy (non-hydrogen) atoms. The number of aldehydes is 1. The van der Waals surface area contributed by atoms with Crippen molar-refractivity contribution < 1.29 is 35.9 Å². The number of nitrogens with two attached hydrogens (primary N) is 1. The van der Waals surface area contributed by atoms with Gasteiger partial charge in [-0.2, -0.15) is 8.78 Å². The van der Waals surface area contributed by atoms with Crippen LogP contribution in [0, 0.1) is 18.6 Å². The van der Waals surface area contributed by atoms with Crippen LogP contribution in [0.1, 0.15) is 30.7 Å². The number of hydrogen-bond donors (Lipinski definition) is 3. The third-order valence-electron chi connectivity index (χ3n) is 6.79. The second-order valence-corrected chi connectivity index (χ2v) is 10.3. The van der Waals surface area contributed by atoms with E-state index in [1.54, 1.807) is 43.5 Å². The zero-order valence-corrected chi connectivity index (χ0v) is 23.6. The Morgan fingerprint density at radius 2 is 1.72 bits per heavy atom. The number of halogens is 6. The molecule has 0 saturated heterocycles. The summed E-state index contributed by atoms with van der Waals surface area (Å²) in [5.74, 6) is -5.78. The van der Waals surface area contributed by atoms with Crippen molar-refractivity contribution >= 4 is 23.6 Å². The number of aromatic nitrogens is 4. The Hall–Kier alpha value is -4.40. The van der Waals surface area contributed by atoms with Crippen LogP contribution in [0.2, 0.25) is 0 Å². The number of pyridine rings is 1. The normalized spacial score (nSPS) is 12.9. The minimum absolute atomic E-state index is 0.0220. The van der Waals surface area contributed by atoms with Crippen LogP contribution < -0.4 is 21.1 Å². The van der Waals surface area contributed by atoms with Gasteiger partial charge in [-0.1, -0.05) is 6.07 Å². The smallest absolute Gasteiger partial charge is 0.323 e. The highest BCUT2D eigenvalue weighted by Crippen LogP contribution is 2.37. The first-order chi connectivity index (χ1) is 20.2. The molecular weight excluding hydrogens is 580 g/mol. The van der Waals surface area contributed by atoms with Gasteiger partial charge in [0.15, 0.2) is 17.2 Å². The molecule has 0 radical (unpaired) electrons. The highest BCUT2D eigenvalue weighted by molar-refractivity contribution is 5.78. The summed E-state index contributed by atoms with van der Waals surface area (Å²) in [6.07, 6.45) is -1.78. The van der Waals surface area contributed by atoms with Gasteiger partial charge in [0.25, 0.3) is 0 Å². The number of alkyl halides is 4. The van der Waals surface area contributed by atoms with Crippen molar-refractivity contribution in [3.63, 3.8) is 0 Å². The molecule has 230 valence electrons. The molecule has 4 aromatic rings. The van der Waals surface area contributed by atoms with E-state index >= 15 is 0 Å². The molecule has 4 N–H and O–H groups in total.